The quantitative estimate of drug-likeness (QED) is 0.756. The van der Waals surface area contributed by atoms with E-state index in [0.717, 1.165) is 18.2 Å². The monoisotopic (exact) mass is 292 g/mol. The number of carbonyl (C=O) groups is 1. The van der Waals surface area contributed by atoms with Gasteiger partial charge in [-0.05, 0) is 18.2 Å². The van der Waals surface area contributed by atoms with Crippen LogP contribution in [-0.2, 0) is 15.7 Å². The highest BCUT2D eigenvalue weighted by atomic mass is 19.4. The van der Waals surface area contributed by atoms with Gasteiger partial charge >= 0.3 is 6.18 Å². The summed E-state index contributed by atoms with van der Waals surface area (Å²) in [5.41, 5.74) is -0.974. The molecule has 8 heteroatoms. The topological polar surface area (TPSA) is 70.6 Å². The molecule has 0 saturated carbocycles. The normalized spacial score (nSPS) is 11.2. The van der Waals surface area contributed by atoms with Gasteiger partial charge in [-0.2, -0.15) is 13.2 Å². The minimum Gasteiger partial charge on any atom is -0.548 e. The third-order valence-corrected chi connectivity index (χ3v) is 2.28. The Morgan fingerprint density at radius 2 is 2.05 bits per heavy atom. The van der Waals surface area contributed by atoms with Crippen molar-refractivity contribution in [1.82, 2.24) is 0 Å². The van der Waals surface area contributed by atoms with E-state index in [1.54, 1.807) is 0 Å². The van der Waals surface area contributed by atoms with Crippen LogP contribution in [0, 0.1) is 0 Å². The van der Waals surface area contributed by atoms with Crippen molar-refractivity contribution >= 4 is 11.7 Å². The fourth-order valence-corrected chi connectivity index (χ4v) is 1.37. The summed E-state index contributed by atoms with van der Waals surface area (Å²) in [6.45, 7) is -0.245. The summed E-state index contributed by atoms with van der Waals surface area (Å²) in [4.78, 5) is 10.4. The van der Waals surface area contributed by atoms with Crippen LogP contribution in [0.5, 0.6) is 5.75 Å². The average Bonchev–Trinajstić information content (AvgIpc) is 2.36. The lowest BCUT2D eigenvalue weighted by Crippen LogP contribution is -2.30. The van der Waals surface area contributed by atoms with E-state index in [2.05, 4.69) is 5.32 Å². The molecule has 0 amide bonds. The molecule has 0 bridgehead atoms. The van der Waals surface area contributed by atoms with Crippen LogP contribution < -0.4 is 15.2 Å². The maximum absolute atomic E-state index is 12.6. The zero-order chi connectivity index (χ0) is 15.2. The molecule has 0 heterocycles. The lowest BCUT2D eigenvalue weighted by atomic mass is 10.1. The molecule has 1 aromatic rings. The van der Waals surface area contributed by atoms with E-state index in [4.69, 9.17) is 9.47 Å². The first kappa shape index (κ1) is 16.1. The van der Waals surface area contributed by atoms with Gasteiger partial charge in [-0.1, -0.05) is 0 Å². The van der Waals surface area contributed by atoms with E-state index in [9.17, 15) is 23.1 Å². The van der Waals surface area contributed by atoms with Gasteiger partial charge in [-0.3, -0.25) is 0 Å². The third-order valence-electron chi connectivity index (χ3n) is 2.28. The average molecular weight is 292 g/mol. The summed E-state index contributed by atoms with van der Waals surface area (Å²) >= 11 is 0. The Hall–Kier alpha value is -1.96. The number of hydrogen-bond acceptors (Lipinski definition) is 5. The number of halogens is 3. The number of carboxylic acid groups (broad SMARTS) is 1. The van der Waals surface area contributed by atoms with Gasteiger partial charge in [0.05, 0.1) is 30.4 Å². The molecule has 0 unspecified atom stereocenters. The maximum atomic E-state index is 12.6. The van der Waals surface area contributed by atoms with Crippen molar-refractivity contribution in [2.75, 3.05) is 32.2 Å². The van der Waals surface area contributed by atoms with Crippen molar-refractivity contribution < 1.29 is 32.5 Å². The van der Waals surface area contributed by atoms with Crippen LogP contribution in [0.25, 0.3) is 0 Å². The van der Waals surface area contributed by atoms with Crippen molar-refractivity contribution in [3.8, 4) is 5.75 Å². The first-order valence-corrected chi connectivity index (χ1v) is 5.61. The van der Waals surface area contributed by atoms with Gasteiger partial charge in [-0.25, -0.2) is 0 Å². The van der Waals surface area contributed by atoms with Crippen molar-refractivity contribution in [2.45, 2.75) is 6.18 Å². The summed E-state index contributed by atoms with van der Waals surface area (Å²) in [5.74, 6) is -1.33. The largest absolute Gasteiger partial charge is 0.548 e. The number of rotatable bonds is 7. The molecule has 0 aliphatic heterocycles. The van der Waals surface area contributed by atoms with Crippen LogP contribution >= 0.6 is 0 Å². The molecule has 0 radical (unpaired) electrons. The molecule has 0 aliphatic carbocycles. The molecular weight excluding hydrogens is 279 g/mol. The number of anilines is 1. The van der Waals surface area contributed by atoms with Gasteiger partial charge in [0.2, 0.25) is 0 Å². The minimum atomic E-state index is -4.52. The number of benzene rings is 1. The maximum Gasteiger partial charge on any atom is 0.416 e. The number of carbonyl (C=O) groups excluding carboxylic acids is 1. The van der Waals surface area contributed by atoms with Crippen LogP contribution in [0.3, 0.4) is 0 Å². The molecule has 112 valence electrons. The minimum absolute atomic E-state index is 0.0693. The van der Waals surface area contributed by atoms with Crippen molar-refractivity contribution in [1.29, 1.82) is 0 Å². The summed E-state index contributed by atoms with van der Waals surface area (Å²) in [6.07, 6.45) is -4.52. The van der Waals surface area contributed by atoms with Gasteiger partial charge in [0.15, 0.2) is 0 Å². The van der Waals surface area contributed by atoms with Crippen molar-refractivity contribution in [3.63, 3.8) is 0 Å². The fourth-order valence-electron chi connectivity index (χ4n) is 1.37. The number of aliphatic carboxylic acids is 1. The van der Waals surface area contributed by atoms with Gasteiger partial charge in [-0.15, -0.1) is 0 Å². The summed E-state index contributed by atoms with van der Waals surface area (Å²) in [5, 5.41) is 12.7. The van der Waals surface area contributed by atoms with E-state index in [1.807, 2.05) is 0 Å². The van der Waals surface area contributed by atoms with Crippen molar-refractivity contribution in [2.24, 2.45) is 0 Å². The molecule has 0 fully saturated rings. The van der Waals surface area contributed by atoms with Gasteiger partial charge in [0.1, 0.15) is 12.4 Å². The Bertz CT molecular complexity index is 463. The lowest BCUT2D eigenvalue weighted by Gasteiger charge is -2.16. The van der Waals surface area contributed by atoms with E-state index in [0.29, 0.717) is 0 Å². The zero-order valence-corrected chi connectivity index (χ0v) is 10.6. The number of carboxylic acids is 1. The van der Waals surface area contributed by atoms with Crippen LogP contribution in [0.2, 0.25) is 0 Å². The Balaban J connectivity index is 2.93. The van der Waals surface area contributed by atoms with Gasteiger partial charge in [0.25, 0.3) is 0 Å². The van der Waals surface area contributed by atoms with E-state index >= 15 is 0 Å². The number of hydrogen-bond donors (Lipinski definition) is 1. The van der Waals surface area contributed by atoms with E-state index in [1.165, 1.54) is 7.11 Å². The number of ether oxygens (including phenoxy) is 2. The van der Waals surface area contributed by atoms with E-state index in [-0.39, 0.29) is 24.7 Å². The first-order valence-electron chi connectivity index (χ1n) is 5.61. The highest BCUT2D eigenvalue weighted by Crippen LogP contribution is 2.34. The number of nitrogens with one attached hydrogen (secondary N) is 1. The van der Waals surface area contributed by atoms with Crippen molar-refractivity contribution in [3.05, 3.63) is 23.8 Å². The molecule has 1 rings (SSSR count). The molecule has 0 spiro atoms. The fraction of sp³-hybridized carbons (Fsp3) is 0.417. The SMILES string of the molecule is COCCOc1ccc(C(F)(F)F)cc1NCC(=O)[O-]. The van der Waals surface area contributed by atoms with E-state index < -0.39 is 24.3 Å². The van der Waals surface area contributed by atoms with Crippen LogP contribution in [0.1, 0.15) is 5.56 Å². The first-order chi connectivity index (χ1) is 9.34. The highest BCUT2D eigenvalue weighted by molar-refractivity contribution is 5.72. The Kier molecular flexibility index (Phi) is 5.63. The molecule has 0 saturated heterocycles. The molecule has 5 nitrogen and oxygen atoms in total. The Morgan fingerprint density at radius 1 is 1.35 bits per heavy atom. The second kappa shape index (κ2) is 6.99. The summed E-state index contributed by atoms with van der Waals surface area (Å²) < 4.78 is 47.7. The second-order valence-electron chi connectivity index (χ2n) is 3.78. The Labute approximate surface area is 113 Å². The molecule has 1 N–H and O–H groups in total. The van der Waals surface area contributed by atoms with Crippen LogP contribution in [0.4, 0.5) is 18.9 Å². The summed E-state index contributed by atoms with van der Waals surface area (Å²) in [7, 11) is 1.45. The third kappa shape index (κ3) is 4.96. The lowest BCUT2D eigenvalue weighted by molar-refractivity contribution is -0.302. The molecule has 1 aromatic carbocycles. The predicted octanol–water partition coefficient (Wildman–Crippen LogP) is 0.892. The molecule has 0 aromatic heterocycles. The van der Waals surface area contributed by atoms with Gasteiger partial charge < -0.3 is 24.7 Å². The standard InChI is InChI=1S/C12H14F3NO4/c1-19-4-5-20-10-3-2-8(12(13,14)15)6-9(10)16-7-11(17)18/h2-3,6,16H,4-5,7H2,1H3,(H,17,18)/p-1. The molecule has 0 aliphatic rings. The second-order valence-corrected chi connectivity index (χ2v) is 3.78. The molecule has 20 heavy (non-hydrogen) atoms. The van der Waals surface area contributed by atoms with Crippen LogP contribution in [-0.4, -0.2) is 32.8 Å². The summed E-state index contributed by atoms with van der Waals surface area (Å²) in [6, 6.07) is 2.76. The smallest absolute Gasteiger partial charge is 0.416 e. The zero-order valence-electron chi connectivity index (χ0n) is 10.6. The highest BCUT2D eigenvalue weighted by Gasteiger charge is 2.31. The predicted molar refractivity (Wildman–Crippen MR) is 62.3 cm³/mol. The number of methoxy groups -OCH3 is 1. The Morgan fingerprint density at radius 3 is 2.60 bits per heavy atom. The van der Waals surface area contributed by atoms with Crippen LogP contribution in [0.15, 0.2) is 18.2 Å². The molecular formula is C12H13F3NO4-. The molecule has 0 atom stereocenters. The van der Waals surface area contributed by atoms with Gasteiger partial charge in [0, 0.05) is 7.11 Å². The number of alkyl halides is 3.